The van der Waals surface area contributed by atoms with Gasteiger partial charge in [-0.15, -0.1) is 10.2 Å². The van der Waals surface area contributed by atoms with Crippen LogP contribution in [0.2, 0.25) is 5.02 Å². The van der Waals surface area contributed by atoms with Gasteiger partial charge in [0, 0.05) is 22.3 Å². The molecule has 1 aliphatic heterocycles. The van der Waals surface area contributed by atoms with E-state index in [0.29, 0.717) is 22.4 Å². The summed E-state index contributed by atoms with van der Waals surface area (Å²) in [6.07, 6.45) is 0.456. The van der Waals surface area contributed by atoms with E-state index >= 15 is 0 Å². The first-order valence-corrected chi connectivity index (χ1v) is 12.5. The van der Waals surface area contributed by atoms with Crippen molar-refractivity contribution in [2.45, 2.75) is 17.6 Å². The SMILES string of the molecule is O=C(CSc1nnc(-c2ccccc2)n1-c1ccc(Cl)cc1)N[C@@H]1CCS(=O)(=O)C1. The third-order valence-corrected chi connectivity index (χ3v) is 7.63. The first-order chi connectivity index (χ1) is 14.4. The minimum Gasteiger partial charge on any atom is -0.352 e. The van der Waals surface area contributed by atoms with Crippen LogP contribution >= 0.6 is 23.4 Å². The molecule has 1 N–H and O–H groups in total. The van der Waals surface area contributed by atoms with E-state index in [-0.39, 0.29) is 29.2 Å². The Balaban J connectivity index is 1.55. The summed E-state index contributed by atoms with van der Waals surface area (Å²) in [4.78, 5) is 12.4. The van der Waals surface area contributed by atoms with Crippen LogP contribution in [-0.2, 0) is 14.6 Å². The Labute approximate surface area is 183 Å². The molecular formula is C20H19ClN4O3S2. The summed E-state index contributed by atoms with van der Waals surface area (Å²) < 4.78 is 25.0. The Morgan fingerprint density at radius 3 is 2.53 bits per heavy atom. The van der Waals surface area contributed by atoms with Crippen LogP contribution in [0.25, 0.3) is 17.1 Å². The van der Waals surface area contributed by atoms with Gasteiger partial charge in [-0.25, -0.2) is 8.42 Å². The number of benzene rings is 2. The number of sulfone groups is 1. The minimum absolute atomic E-state index is 0.00250. The molecule has 0 radical (unpaired) electrons. The smallest absolute Gasteiger partial charge is 0.230 e. The van der Waals surface area contributed by atoms with Gasteiger partial charge in [0.15, 0.2) is 20.8 Å². The first-order valence-electron chi connectivity index (χ1n) is 9.31. The number of thioether (sulfide) groups is 1. The van der Waals surface area contributed by atoms with E-state index in [2.05, 4.69) is 15.5 Å². The Morgan fingerprint density at radius 1 is 1.13 bits per heavy atom. The summed E-state index contributed by atoms with van der Waals surface area (Å²) in [5.74, 6) is 0.660. The van der Waals surface area contributed by atoms with E-state index in [4.69, 9.17) is 11.6 Å². The van der Waals surface area contributed by atoms with Crippen molar-refractivity contribution in [3.05, 3.63) is 59.6 Å². The van der Waals surface area contributed by atoms with Crippen LogP contribution < -0.4 is 5.32 Å². The minimum atomic E-state index is -3.04. The average molecular weight is 463 g/mol. The van der Waals surface area contributed by atoms with Crippen LogP contribution in [0.1, 0.15) is 6.42 Å². The molecule has 2 aromatic carbocycles. The summed E-state index contributed by atoms with van der Waals surface area (Å²) in [5.41, 5.74) is 1.72. The van der Waals surface area contributed by atoms with Crippen molar-refractivity contribution in [1.29, 1.82) is 0 Å². The molecule has 0 spiro atoms. The van der Waals surface area contributed by atoms with Gasteiger partial charge < -0.3 is 5.32 Å². The van der Waals surface area contributed by atoms with Gasteiger partial charge in [0.25, 0.3) is 0 Å². The lowest BCUT2D eigenvalue weighted by atomic mass is 10.2. The Kier molecular flexibility index (Phi) is 6.12. The van der Waals surface area contributed by atoms with Crippen LogP contribution in [0.4, 0.5) is 0 Å². The number of carbonyl (C=O) groups excluding carboxylic acids is 1. The number of carbonyl (C=O) groups is 1. The highest BCUT2D eigenvalue weighted by atomic mass is 35.5. The predicted molar refractivity (Wildman–Crippen MR) is 118 cm³/mol. The lowest BCUT2D eigenvalue weighted by Crippen LogP contribution is -2.36. The average Bonchev–Trinajstić information content (AvgIpc) is 3.30. The van der Waals surface area contributed by atoms with E-state index < -0.39 is 9.84 Å². The van der Waals surface area contributed by atoms with Crippen molar-refractivity contribution in [2.24, 2.45) is 0 Å². The molecule has 0 bridgehead atoms. The van der Waals surface area contributed by atoms with Crippen molar-refractivity contribution in [1.82, 2.24) is 20.1 Å². The Hall–Kier alpha value is -2.36. The predicted octanol–water partition coefficient (Wildman–Crippen LogP) is 2.98. The number of halogens is 1. The molecule has 1 aromatic heterocycles. The molecule has 1 saturated heterocycles. The molecule has 0 unspecified atom stereocenters. The van der Waals surface area contributed by atoms with Crippen LogP contribution in [0.3, 0.4) is 0 Å². The van der Waals surface area contributed by atoms with Gasteiger partial charge >= 0.3 is 0 Å². The van der Waals surface area contributed by atoms with E-state index in [1.807, 2.05) is 47.0 Å². The second-order valence-corrected chi connectivity index (χ2v) is 10.5. The second-order valence-electron chi connectivity index (χ2n) is 6.94. The topological polar surface area (TPSA) is 93.9 Å². The Bertz CT molecular complexity index is 1150. The molecule has 0 aliphatic carbocycles. The third kappa shape index (κ3) is 4.85. The zero-order valence-electron chi connectivity index (χ0n) is 15.9. The number of hydrogen-bond donors (Lipinski definition) is 1. The molecule has 1 atom stereocenters. The van der Waals surface area contributed by atoms with Gasteiger partial charge in [0.05, 0.1) is 17.3 Å². The highest BCUT2D eigenvalue weighted by Crippen LogP contribution is 2.28. The molecule has 2 heterocycles. The second kappa shape index (κ2) is 8.79. The van der Waals surface area contributed by atoms with Gasteiger partial charge in [-0.05, 0) is 30.7 Å². The van der Waals surface area contributed by atoms with Crippen LogP contribution in [0.5, 0.6) is 0 Å². The molecule has 3 aromatic rings. The summed E-state index contributed by atoms with van der Waals surface area (Å²) in [5, 5.41) is 12.6. The van der Waals surface area contributed by atoms with Crippen molar-refractivity contribution < 1.29 is 13.2 Å². The zero-order chi connectivity index (χ0) is 21.1. The van der Waals surface area contributed by atoms with Gasteiger partial charge in [-0.3, -0.25) is 9.36 Å². The van der Waals surface area contributed by atoms with Crippen LogP contribution in [0, 0.1) is 0 Å². The van der Waals surface area contributed by atoms with Crippen LogP contribution in [-0.4, -0.2) is 52.4 Å². The first kappa shape index (κ1) is 20.9. The quantitative estimate of drug-likeness (QED) is 0.566. The van der Waals surface area contributed by atoms with Gasteiger partial charge in [-0.2, -0.15) is 0 Å². The number of nitrogens with zero attached hydrogens (tertiary/aromatic N) is 3. The van der Waals surface area contributed by atoms with E-state index in [9.17, 15) is 13.2 Å². The summed E-state index contributed by atoms with van der Waals surface area (Å²) in [6.45, 7) is 0. The maximum Gasteiger partial charge on any atom is 0.230 e. The molecule has 4 rings (SSSR count). The Morgan fingerprint density at radius 2 is 1.87 bits per heavy atom. The normalized spacial score (nSPS) is 17.7. The van der Waals surface area contributed by atoms with Crippen molar-refractivity contribution >= 4 is 39.1 Å². The summed E-state index contributed by atoms with van der Waals surface area (Å²) in [7, 11) is -3.04. The maximum absolute atomic E-state index is 12.4. The fraction of sp³-hybridized carbons (Fsp3) is 0.250. The highest BCUT2D eigenvalue weighted by molar-refractivity contribution is 7.99. The number of aromatic nitrogens is 3. The molecule has 10 heteroatoms. The maximum atomic E-state index is 12.4. The van der Waals surface area contributed by atoms with E-state index in [1.54, 1.807) is 12.1 Å². The van der Waals surface area contributed by atoms with Gasteiger partial charge in [0.1, 0.15) is 0 Å². The van der Waals surface area contributed by atoms with Gasteiger partial charge in [0.2, 0.25) is 5.91 Å². The standard InChI is InChI=1S/C20H19ClN4O3S2/c21-15-6-8-17(9-7-15)25-19(14-4-2-1-3-5-14)23-24-20(25)29-12-18(26)22-16-10-11-30(27,28)13-16/h1-9,16H,10-13H2,(H,22,26)/t16-/m1/s1. The monoisotopic (exact) mass is 462 g/mol. The zero-order valence-corrected chi connectivity index (χ0v) is 18.3. The summed E-state index contributed by atoms with van der Waals surface area (Å²) in [6, 6.07) is 16.6. The van der Waals surface area contributed by atoms with E-state index in [1.165, 1.54) is 11.8 Å². The van der Waals surface area contributed by atoms with Crippen molar-refractivity contribution in [2.75, 3.05) is 17.3 Å². The number of nitrogens with one attached hydrogen (secondary N) is 1. The molecule has 7 nitrogen and oxygen atoms in total. The molecule has 156 valence electrons. The largest absolute Gasteiger partial charge is 0.352 e. The fourth-order valence-electron chi connectivity index (χ4n) is 3.27. The molecule has 1 amide bonds. The van der Waals surface area contributed by atoms with Gasteiger partial charge in [-0.1, -0.05) is 53.7 Å². The molecule has 1 fully saturated rings. The lowest BCUT2D eigenvalue weighted by molar-refractivity contribution is -0.119. The molecule has 0 saturated carbocycles. The highest BCUT2D eigenvalue weighted by Gasteiger charge is 2.29. The van der Waals surface area contributed by atoms with E-state index in [0.717, 1.165) is 11.3 Å². The number of rotatable bonds is 6. The fourth-order valence-corrected chi connectivity index (χ4v) is 5.83. The van der Waals surface area contributed by atoms with Crippen molar-refractivity contribution in [3.8, 4) is 17.1 Å². The van der Waals surface area contributed by atoms with Crippen molar-refractivity contribution in [3.63, 3.8) is 0 Å². The summed E-state index contributed by atoms with van der Waals surface area (Å²) >= 11 is 7.28. The third-order valence-electron chi connectivity index (χ3n) is 4.68. The number of hydrogen-bond acceptors (Lipinski definition) is 6. The molecular weight excluding hydrogens is 444 g/mol. The van der Waals surface area contributed by atoms with Crippen LogP contribution in [0.15, 0.2) is 59.8 Å². The lowest BCUT2D eigenvalue weighted by Gasteiger charge is -2.12. The molecule has 1 aliphatic rings. The molecule has 30 heavy (non-hydrogen) atoms. The number of amides is 1.